The number of nitro benzene ring substituents is 1. The summed E-state index contributed by atoms with van der Waals surface area (Å²) >= 11 is 0. The first-order chi connectivity index (χ1) is 15.8. The monoisotopic (exact) mass is 460 g/mol. The quantitative estimate of drug-likeness (QED) is 0.254. The van der Waals surface area contributed by atoms with Crippen LogP contribution in [0.2, 0.25) is 0 Å². The Morgan fingerprint density at radius 2 is 1.73 bits per heavy atom. The molecule has 5 aromatic rings. The number of pyridine rings is 1. The second kappa shape index (κ2) is 7.61. The van der Waals surface area contributed by atoms with Gasteiger partial charge in [0.05, 0.1) is 26.6 Å². The van der Waals surface area contributed by atoms with Crippen LogP contribution in [0.1, 0.15) is 0 Å². The molecule has 2 heterocycles. The molecule has 0 aliphatic carbocycles. The van der Waals surface area contributed by atoms with Gasteiger partial charge in [0, 0.05) is 34.1 Å². The molecule has 3 N–H and O–H groups in total. The normalized spacial score (nSPS) is 11.6. The summed E-state index contributed by atoms with van der Waals surface area (Å²) < 4.78 is 28.0. The molecule has 33 heavy (non-hydrogen) atoms. The Bertz CT molecular complexity index is 1640. The highest BCUT2D eigenvalue weighted by Crippen LogP contribution is 2.37. The number of H-pyrrole nitrogens is 1. The van der Waals surface area contributed by atoms with Crippen molar-refractivity contribution in [1.82, 2.24) is 9.97 Å². The molecule has 0 saturated carbocycles. The fourth-order valence-corrected chi connectivity index (χ4v) is 4.72. The standard InChI is InChI=1S/C23H16N4O5S/c28-23-22(21-11-5-14-3-1-2-4-19(14)24-21)18-13-15(6-12-20(18)25-23)26-33(31,32)17-9-7-16(8-10-17)27(29)30/h1-13,25-26,28H. The van der Waals surface area contributed by atoms with Crippen LogP contribution in [0.15, 0.2) is 83.8 Å². The van der Waals surface area contributed by atoms with E-state index >= 15 is 0 Å². The molecule has 9 nitrogen and oxygen atoms in total. The van der Waals surface area contributed by atoms with E-state index in [1.54, 1.807) is 24.3 Å². The fourth-order valence-electron chi connectivity index (χ4n) is 3.67. The van der Waals surface area contributed by atoms with E-state index in [2.05, 4.69) is 14.7 Å². The van der Waals surface area contributed by atoms with Crippen LogP contribution in [0.5, 0.6) is 5.88 Å². The fraction of sp³-hybridized carbons (Fsp3) is 0. The zero-order chi connectivity index (χ0) is 23.2. The molecule has 0 radical (unpaired) electrons. The smallest absolute Gasteiger partial charge is 0.269 e. The van der Waals surface area contributed by atoms with E-state index < -0.39 is 14.9 Å². The number of rotatable bonds is 5. The molecule has 0 unspecified atom stereocenters. The molecule has 10 heteroatoms. The van der Waals surface area contributed by atoms with Crippen molar-refractivity contribution in [2.24, 2.45) is 0 Å². The van der Waals surface area contributed by atoms with Crippen LogP contribution in [0.25, 0.3) is 33.1 Å². The molecule has 0 aliphatic heterocycles. The van der Waals surface area contributed by atoms with Gasteiger partial charge < -0.3 is 10.1 Å². The van der Waals surface area contributed by atoms with Crippen molar-refractivity contribution in [1.29, 1.82) is 0 Å². The topological polar surface area (TPSA) is 138 Å². The summed E-state index contributed by atoms with van der Waals surface area (Å²) in [5, 5.41) is 22.9. The Kier molecular flexibility index (Phi) is 4.72. The lowest BCUT2D eigenvalue weighted by Crippen LogP contribution is -2.12. The number of hydrogen-bond acceptors (Lipinski definition) is 6. The van der Waals surface area contributed by atoms with Crippen molar-refractivity contribution < 1.29 is 18.4 Å². The van der Waals surface area contributed by atoms with Crippen LogP contribution in [-0.4, -0.2) is 28.4 Å². The lowest BCUT2D eigenvalue weighted by molar-refractivity contribution is -0.384. The number of sulfonamides is 1. The van der Waals surface area contributed by atoms with Crippen LogP contribution >= 0.6 is 0 Å². The molecule has 0 bridgehead atoms. The maximum atomic E-state index is 12.8. The number of nitrogens with one attached hydrogen (secondary N) is 2. The van der Waals surface area contributed by atoms with Gasteiger partial charge in [0.25, 0.3) is 15.7 Å². The first-order valence-corrected chi connectivity index (χ1v) is 11.3. The Morgan fingerprint density at radius 3 is 2.48 bits per heavy atom. The summed E-state index contributed by atoms with van der Waals surface area (Å²) in [6.45, 7) is 0. The number of benzene rings is 3. The first kappa shape index (κ1) is 20.5. The van der Waals surface area contributed by atoms with Gasteiger partial charge in [0.1, 0.15) is 0 Å². The van der Waals surface area contributed by atoms with Crippen LogP contribution in [0.4, 0.5) is 11.4 Å². The molecule has 164 valence electrons. The van der Waals surface area contributed by atoms with E-state index in [-0.39, 0.29) is 22.2 Å². The number of aromatic nitrogens is 2. The number of nitrogens with zero attached hydrogens (tertiary/aromatic N) is 2. The molecule has 0 atom stereocenters. The SMILES string of the molecule is O=[N+]([O-])c1ccc(S(=O)(=O)Nc2ccc3[nH]c(O)c(-c4ccc5ccccc5n4)c3c2)cc1. The highest BCUT2D eigenvalue weighted by molar-refractivity contribution is 7.92. The highest BCUT2D eigenvalue weighted by atomic mass is 32.2. The predicted molar refractivity (Wildman–Crippen MR) is 125 cm³/mol. The molecule has 3 aromatic carbocycles. The second-order valence-electron chi connectivity index (χ2n) is 7.35. The minimum atomic E-state index is -3.98. The van der Waals surface area contributed by atoms with E-state index in [1.165, 1.54) is 12.1 Å². The number of fused-ring (bicyclic) bond motifs is 2. The van der Waals surface area contributed by atoms with Crippen LogP contribution in [0.3, 0.4) is 0 Å². The number of aromatic hydroxyl groups is 1. The van der Waals surface area contributed by atoms with Crippen molar-refractivity contribution in [2.45, 2.75) is 4.90 Å². The third-order valence-electron chi connectivity index (χ3n) is 5.24. The maximum Gasteiger partial charge on any atom is 0.269 e. The van der Waals surface area contributed by atoms with Gasteiger partial charge >= 0.3 is 0 Å². The van der Waals surface area contributed by atoms with Crippen LogP contribution < -0.4 is 4.72 Å². The molecule has 0 aliphatic rings. The zero-order valence-corrected chi connectivity index (χ0v) is 17.7. The van der Waals surface area contributed by atoms with Gasteiger partial charge in [-0.15, -0.1) is 0 Å². The van der Waals surface area contributed by atoms with Gasteiger partial charge in [-0.1, -0.05) is 24.3 Å². The third-order valence-corrected chi connectivity index (χ3v) is 6.64. The van der Waals surface area contributed by atoms with E-state index in [1.807, 2.05) is 30.3 Å². The molecular weight excluding hydrogens is 444 g/mol. The number of nitro groups is 1. The average Bonchev–Trinajstić information content (AvgIpc) is 3.13. The average molecular weight is 460 g/mol. The first-order valence-electron chi connectivity index (χ1n) is 9.80. The Morgan fingerprint density at radius 1 is 0.970 bits per heavy atom. The number of anilines is 1. The van der Waals surface area contributed by atoms with Crippen molar-refractivity contribution in [3.8, 4) is 17.1 Å². The van der Waals surface area contributed by atoms with E-state index in [4.69, 9.17) is 0 Å². The van der Waals surface area contributed by atoms with Crippen molar-refractivity contribution >= 4 is 43.2 Å². The summed E-state index contributed by atoms with van der Waals surface area (Å²) in [5.74, 6) is -0.0804. The molecule has 0 saturated heterocycles. The Labute approximate surface area is 187 Å². The number of aromatic amines is 1. The Balaban J connectivity index is 1.54. The summed E-state index contributed by atoms with van der Waals surface area (Å²) in [6.07, 6.45) is 0. The van der Waals surface area contributed by atoms with Gasteiger partial charge in [-0.05, 0) is 42.5 Å². The third kappa shape index (κ3) is 3.72. The maximum absolute atomic E-state index is 12.8. The van der Waals surface area contributed by atoms with Crippen molar-refractivity contribution in [3.63, 3.8) is 0 Å². The Hall–Kier alpha value is -4.44. The predicted octanol–water partition coefficient (Wildman–Crippen LogP) is 4.80. The van der Waals surface area contributed by atoms with Gasteiger partial charge in [-0.25, -0.2) is 13.4 Å². The van der Waals surface area contributed by atoms with Crippen molar-refractivity contribution in [3.05, 3.63) is 89.0 Å². The number of para-hydroxylation sites is 1. The highest BCUT2D eigenvalue weighted by Gasteiger charge is 2.19. The summed E-state index contributed by atoms with van der Waals surface area (Å²) in [7, 11) is -3.98. The molecule has 2 aromatic heterocycles. The largest absolute Gasteiger partial charge is 0.494 e. The summed E-state index contributed by atoms with van der Waals surface area (Å²) in [6, 6.07) is 20.7. The van der Waals surface area contributed by atoms with Gasteiger partial charge in [0.2, 0.25) is 0 Å². The zero-order valence-electron chi connectivity index (χ0n) is 16.9. The van der Waals surface area contributed by atoms with E-state index in [0.29, 0.717) is 22.2 Å². The van der Waals surface area contributed by atoms with Gasteiger partial charge in [-0.2, -0.15) is 0 Å². The minimum Gasteiger partial charge on any atom is -0.494 e. The van der Waals surface area contributed by atoms with E-state index in [0.717, 1.165) is 23.0 Å². The lowest BCUT2D eigenvalue weighted by Gasteiger charge is -2.09. The molecule has 0 amide bonds. The minimum absolute atomic E-state index is 0.0804. The number of non-ortho nitro benzene ring substituents is 1. The molecule has 5 rings (SSSR count). The summed E-state index contributed by atoms with van der Waals surface area (Å²) in [5.41, 5.74) is 2.42. The second-order valence-corrected chi connectivity index (χ2v) is 9.04. The van der Waals surface area contributed by atoms with E-state index in [9.17, 15) is 23.6 Å². The molecule has 0 spiro atoms. The lowest BCUT2D eigenvalue weighted by atomic mass is 10.1. The van der Waals surface area contributed by atoms with Crippen LogP contribution in [-0.2, 0) is 10.0 Å². The van der Waals surface area contributed by atoms with Gasteiger partial charge in [0.15, 0.2) is 5.88 Å². The molecular formula is C23H16N4O5S. The van der Waals surface area contributed by atoms with Gasteiger partial charge in [-0.3, -0.25) is 14.8 Å². The number of hydrogen-bond donors (Lipinski definition) is 3. The van der Waals surface area contributed by atoms with Crippen molar-refractivity contribution in [2.75, 3.05) is 4.72 Å². The molecule has 0 fully saturated rings. The van der Waals surface area contributed by atoms with Crippen LogP contribution in [0, 0.1) is 10.1 Å². The summed E-state index contributed by atoms with van der Waals surface area (Å²) in [4.78, 5) is 17.6.